The first-order valence-electron chi connectivity index (χ1n) is 6.42. The van der Waals surface area contributed by atoms with E-state index in [1.165, 1.54) is 0 Å². The molecule has 6 heteroatoms. The molecule has 1 aromatic heterocycles. The van der Waals surface area contributed by atoms with E-state index in [1.807, 2.05) is 18.0 Å². The highest BCUT2D eigenvalue weighted by Crippen LogP contribution is 2.34. The van der Waals surface area contributed by atoms with Crippen LogP contribution in [-0.2, 0) is 6.54 Å². The van der Waals surface area contributed by atoms with Gasteiger partial charge in [-0.1, -0.05) is 0 Å². The molecule has 0 saturated carbocycles. The molecule has 2 heterocycles. The fourth-order valence-corrected chi connectivity index (χ4v) is 2.42. The zero-order valence-corrected chi connectivity index (χ0v) is 10.9. The summed E-state index contributed by atoms with van der Waals surface area (Å²) in [6, 6.07) is 3.63. The van der Waals surface area contributed by atoms with E-state index in [-0.39, 0.29) is 13.0 Å². The number of aromatic nitrogens is 1. The SMILES string of the molecule is CNCc1cc(N2CCCC(C(F)(F)F)C2)ccn1. The Balaban J connectivity index is 2.10. The maximum Gasteiger partial charge on any atom is 0.393 e. The summed E-state index contributed by atoms with van der Waals surface area (Å²) in [7, 11) is 1.81. The Morgan fingerprint density at radius 3 is 2.95 bits per heavy atom. The van der Waals surface area contributed by atoms with Crippen LogP contribution in [0.2, 0.25) is 0 Å². The summed E-state index contributed by atoms with van der Waals surface area (Å²) in [5.41, 5.74) is 1.67. The van der Waals surface area contributed by atoms with E-state index in [2.05, 4.69) is 10.3 Å². The molecule has 0 aliphatic carbocycles. The van der Waals surface area contributed by atoms with Crippen molar-refractivity contribution in [2.45, 2.75) is 25.6 Å². The van der Waals surface area contributed by atoms with E-state index in [1.54, 1.807) is 12.3 Å². The van der Waals surface area contributed by atoms with E-state index >= 15 is 0 Å². The molecule has 0 aromatic carbocycles. The molecule has 1 fully saturated rings. The van der Waals surface area contributed by atoms with Crippen LogP contribution in [-0.4, -0.2) is 31.3 Å². The van der Waals surface area contributed by atoms with Gasteiger partial charge in [-0.25, -0.2) is 0 Å². The second-order valence-electron chi connectivity index (χ2n) is 4.86. The number of piperidine rings is 1. The zero-order chi connectivity index (χ0) is 13.9. The van der Waals surface area contributed by atoms with Crippen LogP contribution < -0.4 is 10.2 Å². The van der Waals surface area contributed by atoms with Gasteiger partial charge in [-0.3, -0.25) is 4.98 Å². The van der Waals surface area contributed by atoms with Gasteiger partial charge in [0, 0.05) is 31.5 Å². The first-order valence-corrected chi connectivity index (χ1v) is 6.42. The fraction of sp³-hybridized carbons (Fsp3) is 0.615. The number of rotatable bonds is 3. The Morgan fingerprint density at radius 2 is 2.26 bits per heavy atom. The van der Waals surface area contributed by atoms with Gasteiger partial charge < -0.3 is 10.2 Å². The monoisotopic (exact) mass is 273 g/mol. The van der Waals surface area contributed by atoms with Crippen molar-refractivity contribution >= 4 is 5.69 Å². The van der Waals surface area contributed by atoms with E-state index in [4.69, 9.17) is 0 Å². The second-order valence-corrected chi connectivity index (χ2v) is 4.86. The fourth-order valence-electron chi connectivity index (χ4n) is 2.42. The lowest BCUT2D eigenvalue weighted by molar-refractivity contribution is -0.175. The number of alkyl halides is 3. The van der Waals surface area contributed by atoms with Crippen LogP contribution in [0.25, 0.3) is 0 Å². The van der Waals surface area contributed by atoms with E-state index in [0.29, 0.717) is 19.5 Å². The first kappa shape index (κ1) is 14.1. The van der Waals surface area contributed by atoms with Gasteiger partial charge in [0.1, 0.15) is 0 Å². The summed E-state index contributed by atoms with van der Waals surface area (Å²) >= 11 is 0. The maximum absolute atomic E-state index is 12.8. The lowest BCUT2D eigenvalue weighted by Crippen LogP contribution is -2.41. The smallest absolute Gasteiger partial charge is 0.371 e. The molecule has 1 unspecified atom stereocenters. The van der Waals surface area contributed by atoms with Crippen molar-refractivity contribution in [3.63, 3.8) is 0 Å². The van der Waals surface area contributed by atoms with Crippen LogP contribution in [0.4, 0.5) is 18.9 Å². The molecule has 106 valence electrons. The molecule has 0 radical (unpaired) electrons. The van der Waals surface area contributed by atoms with Gasteiger partial charge >= 0.3 is 6.18 Å². The third kappa shape index (κ3) is 3.59. The minimum atomic E-state index is -4.10. The highest BCUT2D eigenvalue weighted by molar-refractivity contribution is 5.47. The van der Waals surface area contributed by atoms with Gasteiger partial charge in [-0.05, 0) is 32.0 Å². The van der Waals surface area contributed by atoms with Gasteiger partial charge in [-0.2, -0.15) is 13.2 Å². The van der Waals surface area contributed by atoms with Gasteiger partial charge in [0.15, 0.2) is 0 Å². The Bertz CT molecular complexity index is 420. The first-order chi connectivity index (χ1) is 9.00. The van der Waals surface area contributed by atoms with Crippen molar-refractivity contribution in [1.82, 2.24) is 10.3 Å². The lowest BCUT2D eigenvalue weighted by atomic mass is 9.97. The molecule has 0 spiro atoms. The third-order valence-corrected chi connectivity index (χ3v) is 3.41. The highest BCUT2D eigenvalue weighted by Gasteiger charge is 2.41. The van der Waals surface area contributed by atoms with Crippen LogP contribution in [0, 0.1) is 5.92 Å². The predicted molar refractivity (Wildman–Crippen MR) is 68.0 cm³/mol. The van der Waals surface area contributed by atoms with Crippen LogP contribution in [0.15, 0.2) is 18.3 Å². The topological polar surface area (TPSA) is 28.2 Å². The van der Waals surface area contributed by atoms with Crippen molar-refractivity contribution in [3.8, 4) is 0 Å². The van der Waals surface area contributed by atoms with Gasteiger partial charge in [0.2, 0.25) is 0 Å². The molecule has 0 amide bonds. The Labute approximate surface area is 110 Å². The molecule has 1 atom stereocenters. The number of hydrogen-bond donors (Lipinski definition) is 1. The third-order valence-electron chi connectivity index (χ3n) is 3.41. The summed E-state index contributed by atoms with van der Waals surface area (Å²) < 4.78 is 38.3. The van der Waals surface area contributed by atoms with E-state index in [0.717, 1.165) is 11.4 Å². The zero-order valence-electron chi connectivity index (χ0n) is 10.9. The molecule has 1 aliphatic heterocycles. The largest absolute Gasteiger partial charge is 0.393 e. The standard InChI is InChI=1S/C13H18F3N3/c1-17-8-11-7-12(4-5-18-11)19-6-2-3-10(9-19)13(14,15)16/h4-5,7,10,17H,2-3,6,8-9H2,1H3. The normalized spacial score (nSPS) is 20.6. The molecule has 1 saturated heterocycles. The number of hydrogen-bond acceptors (Lipinski definition) is 3. The molecular weight excluding hydrogens is 255 g/mol. The number of pyridine rings is 1. The number of nitrogens with zero attached hydrogens (tertiary/aromatic N) is 2. The summed E-state index contributed by atoms with van der Waals surface area (Å²) in [6.07, 6.45) is -1.64. The van der Waals surface area contributed by atoms with Crippen LogP contribution in [0.3, 0.4) is 0 Å². The van der Waals surface area contributed by atoms with Crippen molar-refractivity contribution < 1.29 is 13.2 Å². The maximum atomic E-state index is 12.8. The van der Waals surface area contributed by atoms with Crippen LogP contribution in [0.1, 0.15) is 18.5 Å². The molecule has 19 heavy (non-hydrogen) atoms. The molecule has 1 N–H and O–H groups in total. The minimum Gasteiger partial charge on any atom is -0.371 e. The van der Waals surface area contributed by atoms with E-state index in [9.17, 15) is 13.2 Å². The summed E-state index contributed by atoms with van der Waals surface area (Å²) in [5, 5.41) is 2.99. The Morgan fingerprint density at radius 1 is 1.47 bits per heavy atom. The summed E-state index contributed by atoms with van der Waals surface area (Å²) in [4.78, 5) is 5.99. The van der Waals surface area contributed by atoms with E-state index < -0.39 is 12.1 Å². The van der Waals surface area contributed by atoms with Crippen molar-refractivity contribution in [3.05, 3.63) is 24.0 Å². The Hall–Kier alpha value is -1.30. The number of nitrogens with one attached hydrogen (secondary N) is 1. The Kier molecular flexibility index (Phi) is 4.29. The molecule has 0 bridgehead atoms. The average Bonchev–Trinajstić information content (AvgIpc) is 2.39. The highest BCUT2D eigenvalue weighted by atomic mass is 19.4. The number of halogens is 3. The van der Waals surface area contributed by atoms with Gasteiger partial charge in [0.05, 0.1) is 11.6 Å². The molecule has 1 aromatic rings. The van der Waals surface area contributed by atoms with Crippen LogP contribution in [0.5, 0.6) is 0 Å². The second kappa shape index (κ2) is 5.77. The quantitative estimate of drug-likeness (QED) is 0.917. The molecule has 2 rings (SSSR count). The van der Waals surface area contributed by atoms with Gasteiger partial charge in [0.25, 0.3) is 0 Å². The van der Waals surface area contributed by atoms with Crippen molar-refractivity contribution in [2.24, 2.45) is 5.92 Å². The minimum absolute atomic E-state index is 0.0481. The lowest BCUT2D eigenvalue weighted by Gasteiger charge is -2.35. The number of anilines is 1. The molecular formula is C13H18F3N3. The molecule has 1 aliphatic rings. The average molecular weight is 273 g/mol. The predicted octanol–water partition coefficient (Wildman–Crippen LogP) is 2.58. The molecule has 3 nitrogen and oxygen atoms in total. The van der Waals surface area contributed by atoms with Crippen LogP contribution >= 0.6 is 0 Å². The van der Waals surface area contributed by atoms with Gasteiger partial charge in [-0.15, -0.1) is 0 Å². The summed E-state index contributed by atoms with van der Waals surface area (Å²) in [6.45, 7) is 1.34. The van der Waals surface area contributed by atoms with Crippen molar-refractivity contribution in [2.75, 3.05) is 25.0 Å². The van der Waals surface area contributed by atoms with Crippen molar-refractivity contribution in [1.29, 1.82) is 0 Å². The summed E-state index contributed by atoms with van der Waals surface area (Å²) in [5.74, 6) is -1.22.